The zero-order valence-corrected chi connectivity index (χ0v) is 75.7. The summed E-state index contributed by atoms with van der Waals surface area (Å²) in [6.45, 7) is 18.4. The lowest BCUT2D eigenvalue weighted by atomic mass is 10.2. The van der Waals surface area contributed by atoms with E-state index in [0.29, 0.717) is 37.6 Å². The van der Waals surface area contributed by atoms with E-state index in [1.165, 1.54) is 151 Å². The number of H-pyrrole nitrogens is 2. The number of hydrogen-bond donors (Lipinski definition) is 18. The number of carbonyl (C=O) groups is 18. The van der Waals surface area contributed by atoms with E-state index in [4.69, 9.17) is 113 Å². The minimum atomic E-state index is -5.15. The quantitative estimate of drug-likeness (QED) is 0.0390. The molecule has 2 aromatic rings. The second kappa shape index (κ2) is 73.5. The first-order valence-corrected chi connectivity index (χ1v) is 36.7. The Morgan fingerprint density at radius 2 is 0.692 bits per heavy atom. The van der Waals surface area contributed by atoms with Crippen LogP contribution in [0.4, 0.5) is 26.3 Å². The Hall–Kier alpha value is -16.5. The Bertz CT molecular complexity index is 4670. The molecule has 133 heavy (non-hydrogen) atoms. The Balaban J connectivity index is -0.000000214. The maximum Gasteiger partial charge on any atom is 0.471 e. The molecule has 724 valence electrons. The summed E-state index contributed by atoms with van der Waals surface area (Å²) >= 11 is 31.4. The summed E-state index contributed by atoms with van der Waals surface area (Å²) in [4.78, 5) is 219. The number of nitrogens with zero attached hydrogens (tertiary/aromatic N) is 12. The maximum absolute atomic E-state index is 11.5. The second-order valence-corrected chi connectivity index (χ2v) is 27.1. The average molecular weight is 2010 g/mol. The number of nitrogens with one attached hydrogen (secondary N) is 14. The summed E-state index contributed by atoms with van der Waals surface area (Å²) in [5.74, 6) is -9.58. The minimum Gasteiger partial charge on any atom is -0.388 e. The number of aromatic amines is 2. The van der Waals surface area contributed by atoms with Crippen molar-refractivity contribution in [2.24, 2.45) is 22.9 Å². The highest BCUT2D eigenvalue weighted by atomic mass is 35.6. The van der Waals surface area contributed by atoms with Gasteiger partial charge in [-0.2, -0.15) is 57.9 Å². The molecule has 3 aliphatic rings. The fourth-order valence-electron chi connectivity index (χ4n) is 6.11. The van der Waals surface area contributed by atoms with Crippen molar-refractivity contribution < 1.29 is 113 Å². The molecule has 0 atom stereocenters. The van der Waals surface area contributed by atoms with E-state index in [2.05, 4.69) is 74.6 Å². The second-order valence-electron chi connectivity index (χ2n) is 22.5. The zero-order valence-electron chi connectivity index (χ0n) is 71.1. The van der Waals surface area contributed by atoms with E-state index >= 15 is 0 Å². The van der Waals surface area contributed by atoms with Crippen molar-refractivity contribution in [3.05, 3.63) is 180 Å². The highest BCUT2D eigenvalue weighted by Gasteiger charge is 2.40. The first kappa shape index (κ1) is 132. The molecule has 22 N–H and O–H groups in total. The molecule has 0 aromatic carbocycles. The predicted octanol–water partition coefficient (Wildman–Crippen LogP) is 0.0182. The third kappa shape index (κ3) is 75.4. The SMILES string of the molecule is CC(=O)N/C=C\NC(C)=O.CC(=O)N/C=C\NC(C)=O.CC(=O)N1C=CN(C(C)=O)C1.CC(=O)N1C=CN(C(C)=O)C1(C)C.CC(=O)n1ccn(C(C)=O)c1=O.N#C/C(N)=C(/N)C#N.N#C/C=C\C#N.N#CC1=C(C#N)NCN1.NC(=O)/C=C\C(N)=O.O=C(N/C=C\NC(=O)C(Cl)(Cl)Cl)C(Cl)(Cl)Cl.O=C(N/C=C\NC(=O)C(F)(F)F)C(F)(F)F.O=CN/C=C\NC=O.O=c1[nH]cc[nH]1. The number of rotatable bonds is 14. The van der Waals surface area contributed by atoms with Gasteiger partial charge in [-0.1, -0.05) is 69.6 Å². The largest absolute Gasteiger partial charge is 0.471 e. The van der Waals surface area contributed by atoms with Gasteiger partial charge < -0.3 is 96.7 Å². The van der Waals surface area contributed by atoms with Gasteiger partial charge in [-0.25, -0.2) is 18.7 Å². The van der Waals surface area contributed by atoms with Crippen LogP contribution in [0.1, 0.15) is 92.7 Å². The molecule has 3 aliphatic heterocycles. The molecular weight excluding hydrogens is 1920 g/mol. The summed E-state index contributed by atoms with van der Waals surface area (Å²) in [6.07, 6.45) is 17.4. The number of aromatic nitrogens is 4. The van der Waals surface area contributed by atoms with Crippen LogP contribution >= 0.6 is 69.6 Å². The molecule has 5 heterocycles. The van der Waals surface area contributed by atoms with Gasteiger partial charge in [0.25, 0.3) is 19.4 Å². The molecule has 50 nitrogen and oxygen atoms in total. The Morgan fingerprint density at radius 1 is 0.421 bits per heavy atom. The van der Waals surface area contributed by atoms with Gasteiger partial charge in [0.15, 0.2) is 0 Å². The van der Waals surface area contributed by atoms with Crippen LogP contribution in [0.2, 0.25) is 0 Å². The molecule has 2 aromatic heterocycles. The smallest absolute Gasteiger partial charge is 0.388 e. The zero-order chi connectivity index (χ0) is 105. The summed E-state index contributed by atoms with van der Waals surface area (Å²) in [6, 6.07) is 10.1. The summed E-state index contributed by atoms with van der Waals surface area (Å²) in [5.41, 5.74) is 17.9. The fraction of sp³-hybridized carbons (Fsp3) is 0.268. The Morgan fingerprint density at radius 3 is 0.857 bits per heavy atom. The molecule has 0 fully saturated rings. The van der Waals surface area contributed by atoms with Crippen molar-refractivity contribution in [2.45, 2.75) is 109 Å². The number of amides is 16. The number of nitriles is 6. The molecule has 16 amide bonds. The van der Waals surface area contributed by atoms with E-state index < -0.39 is 78.5 Å². The number of allylic oxidation sites excluding steroid dienone is 6. The van der Waals surface area contributed by atoms with Crippen LogP contribution in [0.5, 0.6) is 0 Å². The van der Waals surface area contributed by atoms with Gasteiger partial charge in [0, 0.05) is 205 Å². The number of hydrogen-bond acceptors (Lipinski definition) is 30. The molecule has 0 saturated carbocycles. The number of primary amides is 2. The molecule has 0 radical (unpaired) electrons. The van der Waals surface area contributed by atoms with Gasteiger partial charge in [-0.15, -0.1) is 0 Å². The van der Waals surface area contributed by atoms with E-state index in [1.807, 2.05) is 26.0 Å². The molecule has 0 bridgehead atoms. The van der Waals surface area contributed by atoms with Crippen molar-refractivity contribution in [2.75, 3.05) is 13.3 Å². The maximum atomic E-state index is 11.5. The highest BCUT2D eigenvalue weighted by Crippen LogP contribution is 2.28. The summed E-state index contributed by atoms with van der Waals surface area (Å²) in [5, 5.41) is 73.6. The first-order chi connectivity index (χ1) is 61.3. The predicted molar refractivity (Wildman–Crippen MR) is 459 cm³/mol. The van der Waals surface area contributed by atoms with E-state index in [-0.39, 0.29) is 76.7 Å². The van der Waals surface area contributed by atoms with Crippen LogP contribution in [0.3, 0.4) is 0 Å². The van der Waals surface area contributed by atoms with Crippen molar-refractivity contribution in [3.63, 3.8) is 0 Å². The van der Waals surface area contributed by atoms with Crippen LogP contribution < -0.4 is 98.1 Å². The van der Waals surface area contributed by atoms with Crippen LogP contribution in [-0.4, -0.2) is 185 Å². The van der Waals surface area contributed by atoms with Gasteiger partial charge in [0.1, 0.15) is 59.4 Å². The number of nitrogens with two attached hydrogens (primary N) is 4. The molecule has 5 rings (SSSR count). The van der Waals surface area contributed by atoms with Gasteiger partial charge in [-0.3, -0.25) is 106 Å². The molecule has 0 spiro atoms. The number of halogens is 12. The van der Waals surface area contributed by atoms with E-state index in [1.54, 1.807) is 49.3 Å². The summed E-state index contributed by atoms with van der Waals surface area (Å²) in [7, 11) is 0. The molecule has 0 unspecified atom stereocenters. The van der Waals surface area contributed by atoms with Crippen molar-refractivity contribution in [1.82, 2.24) is 103 Å². The molecule has 0 saturated heterocycles. The van der Waals surface area contributed by atoms with Gasteiger partial charge in [0.05, 0.1) is 18.8 Å². The van der Waals surface area contributed by atoms with Crippen LogP contribution in [-0.2, 0) is 76.7 Å². The van der Waals surface area contributed by atoms with Crippen LogP contribution in [0.25, 0.3) is 0 Å². The highest BCUT2D eigenvalue weighted by molar-refractivity contribution is 6.76. The molecule has 0 aliphatic carbocycles. The summed E-state index contributed by atoms with van der Waals surface area (Å²) < 4.78 is 66.6. The Labute approximate surface area is 780 Å². The molecule has 62 heteroatoms. The average Bonchev–Trinajstić information content (AvgIpc) is 1.64. The van der Waals surface area contributed by atoms with E-state index in [9.17, 15) is 122 Å². The third-order valence-electron chi connectivity index (χ3n) is 11.7. The third-order valence-corrected chi connectivity index (χ3v) is 12.7. The monoisotopic (exact) mass is 2000 g/mol. The minimum absolute atomic E-state index is 0.0509. The number of carbonyl (C=O) groups excluding carboxylic acids is 18. The van der Waals surface area contributed by atoms with Crippen molar-refractivity contribution in [1.29, 1.82) is 31.6 Å². The number of imidazole rings is 2. The van der Waals surface area contributed by atoms with Gasteiger partial charge in [-0.05, 0) is 13.8 Å². The van der Waals surface area contributed by atoms with E-state index in [0.717, 1.165) is 56.5 Å². The lowest BCUT2D eigenvalue weighted by Gasteiger charge is -2.36. The fourth-order valence-corrected chi connectivity index (χ4v) is 6.44. The number of alkyl halides is 12. The molecular formula is C71H86Cl6F6N30O20. The first-order valence-electron chi connectivity index (χ1n) is 34.4. The van der Waals surface area contributed by atoms with Crippen molar-refractivity contribution in [3.8, 4) is 36.4 Å². The van der Waals surface area contributed by atoms with Crippen LogP contribution in [0.15, 0.2) is 168 Å². The van der Waals surface area contributed by atoms with Crippen LogP contribution in [0, 0.1) is 68.0 Å². The van der Waals surface area contributed by atoms with Gasteiger partial charge in [0.2, 0.25) is 83.7 Å². The topological polar surface area (TPSA) is 787 Å². The van der Waals surface area contributed by atoms with Crippen molar-refractivity contribution >= 4 is 177 Å². The normalized spacial score (nSPS) is 12.0. The Kier molecular flexibility index (Phi) is 73.0. The standard InChI is InChI=1S/C9H14N2O2.C7H8N2O3.C7H10N2O2.C6H4Cl6N2O2.C6H4F6N2O2.2C6H10N2O2.C5H4N4.C4H4N4.2C4H6N2O2.C4H2N2.C3H4N2O/c1-7(12)10-5-6-11(8(2)13)9(10,3)4;1-5(10)8-3-4-9(6(2)11)7(8)12;1-6(10)8-3-4-9(5-8)7(2)11;2*7-5(8,9)3(15)13-1-2-14-4(16)6(10,11)12;2*1-5(9)7-3-4-8-6(2)10;6-1-4-5(2-7)9-3-8-4;5-1-3(7)4(8)2-6;7-3-5-1-2-6-4-8;5-3(7)1-2-4(6)8;5-3-1-2-4-6;6-3-4-1-2-5-3/h5-6H,1-4H3;3-4H,1-2H3;3-4H,5H2,1-2H3;2*1-2H,(H,13,15)(H,14,16);2*3-4H,1-2H3,(H,7,9)(H,8,10);8-9H,3H2;7-8H2;1-4H,(H,5,7)(H,6,8);1-2H,(H2,5,7)(H2,6,8);1-2H;1-2H,(H2,4,5,6)/b;;;2*2-1-;2*4-3-;;4-3-;3*2-1-;. The lowest BCUT2D eigenvalue weighted by molar-refractivity contribution is -0.172. The van der Waals surface area contributed by atoms with Gasteiger partial charge >= 0.3 is 35.5 Å². The lowest BCUT2D eigenvalue weighted by Crippen LogP contribution is -2.51.